The zero-order valence-corrected chi connectivity index (χ0v) is 25.2. The summed E-state index contributed by atoms with van der Waals surface area (Å²) in [6.07, 6.45) is 0.990. The number of aromatic nitrogens is 3. The predicted molar refractivity (Wildman–Crippen MR) is 160 cm³/mol. The third-order valence-corrected chi connectivity index (χ3v) is 6.84. The van der Waals surface area contributed by atoms with Crippen LogP contribution in [0.25, 0.3) is 11.3 Å². The van der Waals surface area contributed by atoms with E-state index in [2.05, 4.69) is 31.7 Å². The molecule has 0 saturated carbocycles. The Labute approximate surface area is 249 Å². The van der Waals surface area contributed by atoms with Crippen LogP contribution in [0, 0.1) is 11.3 Å². The van der Waals surface area contributed by atoms with E-state index in [0.29, 0.717) is 52.2 Å². The van der Waals surface area contributed by atoms with Gasteiger partial charge in [0.05, 0.1) is 42.3 Å². The Kier molecular flexibility index (Phi) is 9.06. The highest BCUT2D eigenvalue weighted by Gasteiger charge is 2.44. The Hall–Kier alpha value is -4.18. The number of anilines is 4. The molecule has 0 bridgehead atoms. The minimum Gasteiger partial charge on any atom is -0.479 e. The number of rotatable bonds is 9. The number of nitriles is 1. The molecule has 1 atom stereocenters. The number of amides is 1. The first-order valence-electron chi connectivity index (χ1n) is 13.2. The van der Waals surface area contributed by atoms with Crippen molar-refractivity contribution in [2.24, 2.45) is 0 Å². The summed E-state index contributed by atoms with van der Waals surface area (Å²) in [5.74, 6) is 0.960. The smallest absolute Gasteiger partial charge is 0.414 e. The fraction of sp³-hybridized carbons (Fsp3) is 0.414. The number of pyridine rings is 1. The minimum atomic E-state index is -0.823. The molecule has 1 aliphatic heterocycles. The van der Waals surface area contributed by atoms with Crippen LogP contribution in [0.2, 0.25) is 5.02 Å². The molecule has 222 valence electrons. The Morgan fingerprint density at radius 2 is 2.02 bits per heavy atom. The Morgan fingerprint density at radius 1 is 1.26 bits per heavy atom. The maximum Gasteiger partial charge on any atom is 0.414 e. The van der Waals surface area contributed by atoms with Crippen molar-refractivity contribution in [2.75, 3.05) is 56.1 Å². The number of nitrogens with one attached hydrogen (secondary N) is 2. The number of hydrogen-bond acceptors (Lipinski definition) is 11. The third kappa shape index (κ3) is 6.49. The van der Waals surface area contributed by atoms with Crippen LogP contribution in [0.1, 0.15) is 38.8 Å². The van der Waals surface area contributed by atoms with E-state index >= 15 is 0 Å². The van der Waals surface area contributed by atoms with E-state index in [4.69, 9.17) is 25.8 Å². The van der Waals surface area contributed by atoms with Crippen molar-refractivity contribution in [3.63, 3.8) is 0 Å². The molecule has 12 nitrogen and oxygen atoms in total. The fourth-order valence-electron chi connectivity index (χ4n) is 4.55. The van der Waals surface area contributed by atoms with Gasteiger partial charge in [0.1, 0.15) is 23.2 Å². The average molecular weight is 596 g/mol. The first-order valence-corrected chi connectivity index (χ1v) is 13.6. The van der Waals surface area contributed by atoms with Gasteiger partial charge in [-0.25, -0.2) is 14.8 Å². The number of carbonyl (C=O) groups excluding carboxylic acids is 1. The second-order valence-corrected chi connectivity index (χ2v) is 11.4. The van der Waals surface area contributed by atoms with Crippen molar-refractivity contribution in [3.05, 3.63) is 46.6 Å². The summed E-state index contributed by atoms with van der Waals surface area (Å²) < 4.78 is 16.1. The number of aliphatic hydroxyl groups excluding tert-OH is 1. The van der Waals surface area contributed by atoms with E-state index < -0.39 is 17.1 Å². The Balaban J connectivity index is 1.70. The number of methoxy groups -OCH3 is 2. The molecule has 0 radical (unpaired) electrons. The van der Waals surface area contributed by atoms with Crippen molar-refractivity contribution >= 4 is 40.8 Å². The number of benzene rings is 1. The number of carbonyl (C=O) groups is 1. The number of hydrogen-bond donors (Lipinski definition) is 3. The molecule has 1 unspecified atom stereocenters. The van der Waals surface area contributed by atoms with E-state index in [1.165, 1.54) is 12.0 Å². The first kappa shape index (κ1) is 30.8. The first-order chi connectivity index (χ1) is 19.9. The number of fused-ring (bicyclic) bond motifs is 1. The van der Waals surface area contributed by atoms with Crippen molar-refractivity contribution < 1.29 is 24.1 Å². The second-order valence-electron chi connectivity index (χ2n) is 11.0. The van der Waals surface area contributed by atoms with Gasteiger partial charge in [-0.05, 0) is 50.6 Å². The highest BCUT2D eigenvalue weighted by Crippen LogP contribution is 2.45. The zero-order chi connectivity index (χ0) is 30.7. The van der Waals surface area contributed by atoms with Gasteiger partial charge in [-0.15, -0.1) is 0 Å². The van der Waals surface area contributed by atoms with E-state index in [9.17, 15) is 15.2 Å². The molecule has 3 heterocycles. The molecule has 0 saturated heterocycles. The third-order valence-electron chi connectivity index (χ3n) is 6.55. The van der Waals surface area contributed by atoms with Gasteiger partial charge < -0.3 is 30.0 Å². The summed E-state index contributed by atoms with van der Waals surface area (Å²) >= 11 is 6.44. The molecule has 13 heteroatoms. The standard InChI is InChI=1S/C29H34ClN7O5/c1-28(2,3)42-27(39)37-15-29(4,16-38)19-12-17(11-18(14-31)23(19)37)21-7-8-33-26(34-21)35-22-13-20(30)24(32-9-10-40-5)36-25(22)41-6/h7-8,11-13,38H,9-10,15-16H2,1-6H3,(H,32,36)(H,33,34,35). The molecule has 0 aliphatic carbocycles. The zero-order valence-electron chi connectivity index (χ0n) is 24.4. The van der Waals surface area contributed by atoms with Gasteiger partial charge in [0.15, 0.2) is 0 Å². The van der Waals surface area contributed by atoms with Gasteiger partial charge in [0.2, 0.25) is 11.8 Å². The predicted octanol–water partition coefficient (Wildman–Crippen LogP) is 4.88. The van der Waals surface area contributed by atoms with Crippen LogP contribution < -0.4 is 20.3 Å². The molecular weight excluding hydrogens is 562 g/mol. The van der Waals surface area contributed by atoms with Crippen LogP contribution in [0.3, 0.4) is 0 Å². The average Bonchev–Trinajstić information content (AvgIpc) is 3.26. The van der Waals surface area contributed by atoms with Gasteiger partial charge >= 0.3 is 6.09 Å². The maximum absolute atomic E-state index is 13.1. The lowest BCUT2D eigenvalue weighted by molar-refractivity contribution is 0.0575. The van der Waals surface area contributed by atoms with Crippen LogP contribution in [0.4, 0.5) is 27.9 Å². The van der Waals surface area contributed by atoms with Crippen LogP contribution in [0.5, 0.6) is 5.88 Å². The molecule has 1 aromatic carbocycles. The fourth-order valence-corrected chi connectivity index (χ4v) is 4.77. The van der Waals surface area contributed by atoms with Gasteiger partial charge in [0.25, 0.3) is 0 Å². The molecule has 42 heavy (non-hydrogen) atoms. The molecular formula is C29H34ClN7O5. The summed E-state index contributed by atoms with van der Waals surface area (Å²) in [7, 11) is 3.09. The summed E-state index contributed by atoms with van der Waals surface area (Å²) in [6, 6.07) is 9.05. The Bertz CT molecular complexity index is 1520. The van der Waals surface area contributed by atoms with E-state index in [1.54, 1.807) is 52.3 Å². The largest absolute Gasteiger partial charge is 0.479 e. The van der Waals surface area contributed by atoms with Crippen LogP contribution in [-0.4, -0.2) is 72.3 Å². The lowest BCUT2D eigenvalue weighted by Gasteiger charge is -2.26. The van der Waals surface area contributed by atoms with E-state index in [1.807, 2.05) is 13.0 Å². The molecule has 4 rings (SSSR count). The molecule has 2 aromatic heterocycles. The lowest BCUT2D eigenvalue weighted by Crippen LogP contribution is -2.40. The van der Waals surface area contributed by atoms with Gasteiger partial charge in [-0.3, -0.25) is 4.90 Å². The molecule has 1 amide bonds. The van der Waals surface area contributed by atoms with Crippen LogP contribution in [-0.2, 0) is 14.9 Å². The summed E-state index contributed by atoms with van der Waals surface area (Å²) in [5.41, 5.74) is 1.35. The highest BCUT2D eigenvalue weighted by atomic mass is 35.5. The van der Waals surface area contributed by atoms with Gasteiger partial charge in [-0.2, -0.15) is 10.2 Å². The minimum absolute atomic E-state index is 0.159. The van der Waals surface area contributed by atoms with Crippen LogP contribution >= 0.6 is 11.6 Å². The quantitative estimate of drug-likeness (QED) is 0.290. The molecule has 0 fully saturated rings. The summed E-state index contributed by atoms with van der Waals surface area (Å²) in [6.45, 7) is 8.07. The van der Waals surface area contributed by atoms with Gasteiger partial charge in [-0.1, -0.05) is 18.5 Å². The summed E-state index contributed by atoms with van der Waals surface area (Å²) in [5, 5.41) is 27.0. The maximum atomic E-state index is 13.1. The van der Waals surface area contributed by atoms with Crippen LogP contribution in [0.15, 0.2) is 30.5 Å². The molecule has 1 aliphatic rings. The van der Waals surface area contributed by atoms with Gasteiger partial charge in [0, 0.05) is 37.4 Å². The number of aliphatic hydroxyl groups is 1. The monoisotopic (exact) mass is 595 g/mol. The number of nitrogens with zero attached hydrogens (tertiary/aromatic N) is 5. The lowest BCUT2D eigenvalue weighted by atomic mass is 9.83. The molecule has 3 N–H and O–H groups in total. The summed E-state index contributed by atoms with van der Waals surface area (Å²) in [4.78, 5) is 27.9. The normalized spacial score (nSPS) is 16.0. The van der Waals surface area contributed by atoms with Crippen molar-refractivity contribution in [1.29, 1.82) is 5.26 Å². The van der Waals surface area contributed by atoms with E-state index in [-0.39, 0.29) is 30.5 Å². The second kappa shape index (κ2) is 12.4. The SMILES string of the molecule is COCCNc1nc(OC)c(Nc2nccc(-c3cc(C#N)c4c(c3)C(C)(CO)CN4C(=O)OC(C)(C)C)n2)cc1Cl. The number of halogens is 1. The van der Waals surface area contributed by atoms with Crippen molar-refractivity contribution in [3.8, 4) is 23.2 Å². The van der Waals surface area contributed by atoms with E-state index in [0.717, 1.165) is 0 Å². The topological polar surface area (TPSA) is 155 Å². The number of ether oxygens (including phenoxy) is 3. The molecule has 3 aromatic rings. The van der Waals surface area contributed by atoms with Crippen molar-refractivity contribution in [1.82, 2.24) is 15.0 Å². The Morgan fingerprint density at radius 3 is 2.67 bits per heavy atom. The highest BCUT2D eigenvalue weighted by molar-refractivity contribution is 6.33. The van der Waals surface area contributed by atoms with Crippen molar-refractivity contribution in [2.45, 2.75) is 38.7 Å². The molecule has 0 spiro atoms.